The quantitative estimate of drug-likeness (QED) is 0.522. The first-order chi connectivity index (χ1) is 6.45. The largest absolute Gasteiger partial charge is 0.0879 e. The summed E-state index contributed by atoms with van der Waals surface area (Å²) >= 11 is 0. The SMILES string of the molecule is [C]1c2ccccc2C2C=CCCC12. The number of hydrogen-bond acceptors (Lipinski definition) is 0. The molecule has 0 spiro atoms. The molecule has 0 aliphatic heterocycles. The molecule has 0 N–H and O–H groups in total. The first-order valence-electron chi connectivity index (χ1n) is 4.97. The molecular weight excluding hydrogens is 156 g/mol. The van der Waals surface area contributed by atoms with Crippen molar-refractivity contribution in [2.24, 2.45) is 5.92 Å². The Labute approximate surface area is 79.3 Å². The first kappa shape index (κ1) is 7.37. The topological polar surface area (TPSA) is 0 Å². The maximum Gasteiger partial charge on any atom is 0.0211 e. The molecule has 0 heteroatoms. The fourth-order valence-electron chi connectivity index (χ4n) is 2.43. The highest BCUT2D eigenvalue weighted by molar-refractivity contribution is 5.45. The summed E-state index contributed by atoms with van der Waals surface area (Å²) in [4.78, 5) is 0. The van der Waals surface area contributed by atoms with Gasteiger partial charge < -0.3 is 0 Å². The average Bonchev–Trinajstić information content (AvgIpc) is 2.56. The van der Waals surface area contributed by atoms with Crippen molar-refractivity contribution in [2.45, 2.75) is 18.8 Å². The van der Waals surface area contributed by atoms with Crippen LogP contribution in [0.2, 0.25) is 0 Å². The lowest BCUT2D eigenvalue weighted by molar-refractivity contribution is 0.521. The van der Waals surface area contributed by atoms with E-state index in [2.05, 4.69) is 42.8 Å². The van der Waals surface area contributed by atoms with E-state index in [1.54, 1.807) is 0 Å². The fourth-order valence-corrected chi connectivity index (χ4v) is 2.43. The second-order valence-electron chi connectivity index (χ2n) is 3.87. The molecule has 64 valence electrons. The van der Waals surface area contributed by atoms with E-state index < -0.39 is 0 Å². The predicted molar refractivity (Wildman–Crippen MR) is 53.4 cm³/mol. The van der Waals surface area contributed by atoms with Crippen molar-refractivity contribution >= 4 is 0 Å². The Morgan fingerprint density at radius 3 is 3.15 bits per heavy atom. The molecule has 2 aliphatic carbocycles. The minimum absolute atomic E-state index is 0.630. The van der Waals surface area contributed by atoms with Crippen molar-refractivity contribution in [1.82, 2.24) is 0 Å². The van der Waals surface area contributed by atoms with Crippen LogP contribution in [0.25, 0.3) is 0 Å². The Kier molecular flexibility index (Phi) is 1.55. The van der Waals surface area contributed by atoms with E-state index in [0.717, 1.165) is 0 Å². The van der Waals surface area contributed by atoms with Gasteiger partial charge >= 0.3 is 0 Å². The van der Waals surface area contributed by atoms with Gasteiger partial charge in [0.1, 0.15) is 0 Å². The average molecular weight is 168 g/mol. The fraction of sp³-hybridized carbons (Fsp3) is 0.308. The van der Waals surface area contributed by atoms with Crippen molar-refractivity contribution in [1.29, 1.82) is 0 Å². The van der Waals surface area contributed by atoms with E-state index in [0.29, 0.717) is 11.8 Å². The van der Waals surface area contributed by atoms with Crippen LogP contribution < -0.4 is 0 Å². The van der Waals surface area contributed by atoms with Crippen LogP contribution in [0.15, 0.2) is 36.4 Å². The molecule has 13 heavy (non-hydrogen) atoms. The van der Waals surface area contributed by atoms with Crippen LogP contribution in [0.3, 0.4) is 0 Å². The van der Waals surface area contributed by atoms with E-state index in [-0.39, 0.29) is 0 Å². The van der Waals surface area contributed by atoms with Crippen molar-refractivity contribution in [3.8, 4) is 0 Å². The molecule has 2 radical (unpaired) electrons. The van der Waals surface area contributed by atoms with Gasteiger partial charge in [0.15, 0.2) is 0 Å². The molecule has 3 rings (SSSR count). The van der Waals surface area contributed by atoms with Gasteiger partial charge in [-0.2, -0.15) is 0 Å². The van der Waals surface area contributed by atoms with Gasteiger partial charge in [0, 0.05) is 12.3 Å². The Balaban J connectivity index is 2.09. The third-order valence-electron chi connectivity index (χ3n) is 3.08. The van der Waals surface area contributed by atoms with E-state index >= 15 is 0 Å². The number of fused-ring (bicyclic) bond motifs is 3. The lowest BCUT2D eigenvalue weighted by atomic mass is 9.85. The molecule has 0 nitrogen and oxygen atoms in total. The molecule has 0 heterocycles. The van der Waals surface area contributed by atoms with Crippen LogP contribution in [-0.2, 0) is 0 Å². The standard InChI is InChI=1S/C13H12/c1-3-7-12-10(5-1)9-11-6-2-4-8-13(11)12/h1,3-5,7-8,11,13H,2,6H2. The van der Waals surface area contributed by atoms with Gasteiger partial charge in [0.25, 0.3) is 0 Å². The second kappa shape index (κ2) is 2.73. The maximum absolute atomic E-state index is 3.59. The number of hydrogen-bond donors (Lipinski definition) is 0. The van der Waals surface area contributed by atoms with Gasteiger partial charge in [-0.15, -0.1) is 0 Å². The minimum Gasteiger partial charge on any atom is -0.0879 e. The summed E-state index contributed by atoms with van der Waals surface area (Å²) in [7, 11) is 0. The van der Waals surface area contributed by atoms with Crippen LogP contribution in [0, 0.1) is 12.3 Å². The van der Waals surface area contributed by atoms with Crippen LogP contribution in [0.1, 0.15) is 29.9 Å². The van der Waals surface area contributed by atoms with Crippen molar-refractivity contribution < 1.29 is 0 Å². The molecule has 0 aromatic heterocycles. The molecule has 0 amide bonds. The van der Waals surface area contributed by atoms with E-state index in [4.69, 9.17) is 0 Å². The van der Waals surface area contributed by atoms with Crippen LogP contribution in [-0.4, -0.2) is 0 Å². The van der Waals surface area contributed by atoms with Gasteiger partial charge in [0.05, 0.1) is 0 Å². The molecule has 1 aromatic rings. The third-order valence-corrected chi connectivity index (χ3v) is 3.08. The summed E-state index contributed by atoms with van der Waals surface area (Å²) < 4.78 is 0. The van der Waals surface area contributed by atoms with E-state index in [9.17, 15) is 0 Å². The van der Waals surface area contributed by atoms with Gasteiger partial charge in [-0.1, -0.05) is 36.4 Å². The number of rotatable bonds is 0. The highest BCUT2D eigenvalue weighted by atomic mass is 14.3. The smallest absolute Gasteiger partial charge is 0.0211 e. The number of allylic oxidation sites excluding steroid dienone is 2. The van der Waals surface area contributed by atoms with Crippen molar-refractivity contribution in [3.63, 3.8) is 0 Å². The van der Waals surface area contributed by atoms with E-state index in [1.807, 2.05) is 0 Å². The predicted octanol–water partition coefficient (Wildman–Crippen LogP) is 3.18. The van der Waals surface area contributed by atoms with Crippen LogP contribution in [0.4, 0.5) is 0 Å². The van der Waals surface area contributed by atoms with Crippen molar-refractivity contribution in [3.05, 3.63) is 54.0 Å². The van der Waals surface area contributed by atoms with Gasteiger partial charge in [-0.05, 0) is 29.9 Å². The van der Waals surface area contributed by atoms with Gasteiger partial charge in [-0.25, -0.2) is 0 Å². The van der Waals surface area contributed by atoms with Crippen LogP contribution in [0.5, 0.6) is 0 Å². The summed E-state index contributed by atoms with van der Waals surface area (Å²) in [5, 5.41) is 0. The zero-order valence-corrected chi connectivity index (χ0v) is 7.53. The molecule has 2 atom stereocenters. The summed E-state index contributed by atoms with van der Waals surface area (Å²) in [5.41, 5.74) is 2.81. The molecule has 0 saturated carbocycles. The molecule has 0 saturated heterocycles. The first-order valence-corrected chi connectivity index (χ1v) is 4.97. The minimum atomic E-state index is 0.630. The molecule has 2 aliphatic rings. The highest BCUT2D eigenvalue weighted by Crippen LogP contribution is 2.44. The van der Waals surface area contributed by atoms with Gasteiger partial charge in [0.2, 0.25) is 0 Å². The zero-order chi connectivity index (χ0) is 8.67. The summed E-state index contributed by atoms with van der Waals surface area (Å²) in [5.74, 6) is 1.28. The molecule has 2 unspecified atom stereocenters. The van der Waals surface area contributed by atoms with Crippen LogP contribution >= 0.6 is 0 Å². The normalized spacial score (nSPS) is 29.8. The molecular formula is C13H12. The van der Waals surface area contributed by atoms with E-state index in [1.165, 1.54) is 24.0 Å². The molecule has 1 aromatic carbocycles. The molecule has 0 bridgehead atoms. The molecule has 0 fully saturated rings. The third kappa shape index (κ3) is 1.05. The second-order valence-corrected chi connectivity index (χ2v) is 3.87. The van der Waals surface area contributed by atoms with Crippen molar-refractivity contribution in [2.75, 3.05) is 0 Å². The highest BCUT2D eigenvalue weighted by Gasteiger charge is 2.31. The zero-order valence-electron chi connectivity index (χ0n) is 7.53. The maximum atomic E-state index is 3.59. The Bertz CT molecular complexity index is 349. The lowest BCUT2D eigenvalue weighted by Gasteiger charge is -2.19. The van der Waals surface area contributed by atoms with Gasteiger partial charge in [-0.3, -0.25) is 0 Å². The monoisotopic (exact) mass is 168 g/mol. The summed E-state index contributed by atoms with van der Waals surface area (Å²) in [6.45, 7) is 0. The lowest BCUT2D eigenvalue weighted by Crippen LogP contribution is -2.07. The number of benzene rings is 1. The Morgan fingerprint density at radius 1 is 1.23 bits per heavy atom. The Hall–Kier alpha value is -1.04. The Morgan fingerprint density at radius 2 is 2.15 bits per heavy atom. The summed E-state index contributed by atoms with van der Waals surface area (Å²) in [6.07, 6.45) is 10.7. The summed E-state index contributed by atoms with van der Waals surface area (Å²) in [6, 6.07) is 8.66.